The van der Waals surface area contributed by atoms with Crippen LogP contribution in [0, 0.1) is 12.7 Å². The van der Waals surface area contributed by atoms with Gasteiger partial charge in [0, 0.05) is 11.3 Å². The molecule has 8 nitrogen and oxygen atoms in total. The molecule has 2 aromatic heterocycles. The molecule has 0 radical (unpaired) electrons. The molecule has 2 heterocycles. The number of H-pyrrole nitrogens is 1. The molecule has 0 fully saturated rings. The van der Waals surface area contributed by atoms with Crippen LogP contribution in [0.15, 0.2) is 57.8 Å². The molecule has 0 saturated carbocycles. The first-order valence-electron chi connectivity index (χ1n) is 8.41. The Morgan fingerprint density at radius 3 is 2.69 bits per heavy atom. The van der Waals surface area contributed by atoms with Gasteiger partial charge in [-0.25, -0.2) is 13.9 Å². The van der Waals surface area contributed by atoms with Crippen molar-refractivity contribution in [2.45, 2.75) is 6.92 Å². The van der Waals surface area contributed by atoms with Crippen molar-refractivity contribution in [2.75, 3.05) is 5.32 Å². The number of nitrogens with one attached hydrogen (secondary N) is 2. The summed E-state index contributed by atoms with van der Waals surface area (Å²) >= 11 is 6.38. The average Bonchev–Trinajstić information content (AvgIpc) is 3.25. The van der Waals surface area contributed by atoms with Crippen LogP contribution in [-0.2, 0) is 0 Å². The number of aromatic nitrogens is 4. The molecule has 1 amide bonds. The zero-order chi connectivity index (χ0) is 20.5. The van der Waals surface area contributed by atoms with E-state index in [1.807, 2.05) is 0 Å². The van der Waals surface area contributed by atoms with E-state index in [9.17, 15) is 14.0 Å². The maximum Gasteiger partial charge on any atom is 0.439 e. The third-order valence-corrected chi connectivity index (χ3v) is 4.49. The van der Waals surface area contributed by atoms with Gasteiger partial charge in [0.05, 0.1) is 11.4 Å². The smallest absolute Gasteiger partial charge is 0.322 e. The van der Waals surface area contributed by atoms with Gasteiger partial charge in [-0.2, -0.15) is 5.10 Å². The lowest BCUT2D eigenvalue weighted by molar-refractivity contribution is 0.102. The lowest BCUT2D eigenvalue weighted by Crippen LogP contribution is -2.13. The van der Waals surface area contributed by atoms with Gasteiger partial charge in [-0.05, 0) is 43.3 Å². The summed E-state index contributed by atoms with van der Waals surface area (Å²) < 4.78 is 19.0. The number of hydrogen-bond acceptors (Lipinski definition) is 5. The summed E-state index contributed by atoms with van der Waals surface area (Å²) in [5.41, 5.74) is 2.14. The van der Waals surface area contributed by atoms with E-state index in [4.69, 9.17) is 11.6 Å². The SMILES string of the molecule is Cc1nn(-c2ccc(F)cc2)c(Cl)c1C(=O)Nc1cccc(-c2noc(=O)[nH]2)c1. The van der Waals surface area contributed by atoms with Gasteiger partial charge in [-0.15, -0.1) is 0 Å². The largest absolute Gasteiger partial charge is 0.439 e. The maximum atomic E-state index is 13.2. The summed E-state index contributed by atoms with van der Waals surface area (Å²) in [5.74, 6) is -1.29. The van der Waals surface area contributed by atoms with Crippen LogP contribution in [0.5, 0.6) is 0 Å². The Labute approximate surface area is 167 Å². The fourth-order valence-corrected chi connectivity index (χ4v) is 3.16. The van der Waals surface area contributed by atoms with E-state index in [0.29, 0.717) is 22.6 Å². The van der Waals surface area contributed by atoms with Gasteiger partial charge >= 0.3 is 5.76 Å². The Bertz CT molecular complexity index is 1260. The standard InChI is InChI=1S/C19H13ClFN5O3/c1-10-15(16(20)26(24-10)14-7-5-12(21)6-8-14)18(27)22-13-4-2-3-11(9-13)17-23-19(28)29-25-17/h2-9H,1H3,(H,22,27)(H,23,25,28). The van der Waals surface area contributed by atoms with E-state index >= 15 is 0 Å². The first-order chi connectivity index (χ1) is 13.9. The minimum Gasteiger partial charge on any atom is -0.322 e. The molecule has 0 aliphatic heterocycles. The molecule has 0 atom stereocenters. The van der Waals surface area contributed by atoms with Gasteiger partial charge in [0.15, 0.2) is 5.82 Å². The van der Waals surface area contributed by atoms with Crippen LogP contribution >= 0.6 is 11.6 Å². The summed E-state index contributed by atoms with van der Waals surface area (Å²) in [5, 5.41) is 10.7. The number of rotatable bonds is 4. The van der Waals surface area contributed by atoms with Crippen molar-refractivity contribution in [1.29, 1.82) is 0 Å². The van der Waals surface area contributed by atoms with Gasteiger partial charge in [0.2, 0.25) is 0 Å². The minimum absolute atomic E-state index is 0.101. The van der Waals surface area contributed by atoms with Crippen molar-refractivity contribution in [1.82, 2.24) is 19.9 Å². The van der Waals surface area contributed by atoms with Gasteiger partial charge in [0.1, 0.15) is 16.5 Å². The van der Waals surface area contributed by atoms with Crippen LogP contribution in [0.4, 0.5) is 10.1 Å². The van der Waals surface area contributed by atoms with Gasteiger partial charge in [-0.1, -0.05) is 28.9 Å². The highest BCUT2D eigenvalue weighted by atomic mass is 35.5. The zero-order valence-electron chi connectivity index (χ0n) is 14.9. The van der Waals surface area contributed by atoms with Crippen LogP contribution in [0.1, 0.15) is 16.1 Å². The average molecular weight is 414 g/mol. The number of halogens is 2. The lowest BCUT2D eigenvalue weighted by atomic mass is 10.2. The molecule has 0 unspecified atom stereocenters. The van der Waals surface area contributed by atoms with E-state index in [0.717, 1.165) is 0 Å². The van der Waals surface area contributed by atoms with Crippen LogP contribution in [0.3, 0.4) is 0 Å². The molecule has 10 heteroatoms. The number of aryl methyl sites for hydroxylation is 1. The number of benzene rings is 2. The number of amides is 1. The molecule has 0 spiro atoms. The quantitative estimate of drug-likeness (QED) is 0.532. The highest BCUT2D eigenvalue weighted by Crippen LogP contribution is 2.25. The maximum absolute atomic E-state index is 13.2. The molecule has 4 aromatic rings. The Hall–Kier alpha value is -3.72. The molecule has 0 saturated heterocycles. The third kappa shape index (κ3) is 3.67. The number of anilines is 1. The van der Waals surface area contributed by atoms with Gasteiger partial charge in [-0.3, -0.25) is 14.3 Å². The second kappa shape index (κ2) is 7.36. The molecule has 2 aromatic carbocycles. The zero-order valence-corrected chi connectivity index (χ0v) is 15.7. The summed E-state index contributed by atoms with van der Waals surface area (Å²) in [6.45, 7) is 1.65. The summed E-state index contributed by atoms with van der Waals surface area (Å²) in [6, 6.07) is 12.3. The Morgan fingerprint density at radius 2 is 2.00 bits per heavy atom. The molecular formula is C19H13ClFN5O3. The topological polar surface area (TPSA) is 106 Å². The molecule has 146 valence electrons. The fourth-order valence-electron chi connectivity index (χ4n) is 2.80. The first-order valence-corrected chi connectivity index (χ1v) is 8.79. The predicted octanol–water partition coefficient (Wildman–Crippen LogP) is 3.57. The summed E-state index contributed by atoms with van der Waals surface area (Å²) in [4.78, 5) is 26.4. The molecule has 2 N–H and O–H groups in total. The van der Waals surface area contributed by atoms with Gasteiger partial charge < -0.3 is 5.32 Å². The van der Waals surface area contributed by atoms with Crippen molar-refractivity contribution in [2.24, 2.45) is 0 Å². The van der Waals surface area contributed by atoms with Crippen molar-refractivity contribution in [3.8, 4) is 17.1 Å². The monoisotopic (exact) mass is 413 g/mol. The van der Waals surface area contributed by atoms with E-state index < -0.39 is 11.7 Å². The fraction of sp³-hybridized carbons (Fsp3) is 0.0526. The molecule has 0 aliphatic rings. The molecule has 29 heavy (non-hydrogen) atoms. The third-order valence-electron chi connectivity index (χ3n) is 4.14. The number of hydrogen-bond donors (Lipinski definition) is 2. The van der Waals surface area contributed by atoms with Gasteiger partial charge in [0.25, 0.3) is 5.91 Å². The Balaban J connectivity index is 1.62. The Kier molecular flexibility index (Phi) is 4.73. The van der Waals surface area contributed by atoms with Crippen LogP contribution < -0.4 is 11.1 Å². The lowest BCUT2D eigenvalue weighted by Gasteiger charge is -2.07. The molecule has 0 aliphatic carbocycles. The second-order valence-corrected chi connectivity index (χ2v) is 6.48. The molecule has 0 bridgehead atoms. The van der Waals surface area contributed by atoms with E-state index in [-0.39, 0.29) is 22.4 Å². The highest BCUT2D eigenvalue weighted by Gasteiger charge is 2.21. The predicted molar refractivity (Wildman–Crippen MR) is 104 cm³/mol. The normalized spacial score (nSPS) is 10.9. The van der Waals surface area contributed by atoms with Crippen molar-refractivity contribution >= 4 is 23.2 Å². The Morgan fingerprint density at radius 1 is 1.24 bits per heavy atom. The summed E-state index contributed by atoms with van der Waals surface area (Å²) in [6.07, 6.45) is 0. The van der Waals surface area contributed by atoms with Crippen LogP contribution in [-0.4, -0.2) is 25.8 Å². The minimum atomic E-state index is -0.676. The van der Waals surface area contributed by atoms with Crippen molar-refractivity contribution in [3.05, 3.63) is 81.3 Å². The second-order valence-electron chi connectivity index (χ2n) is 6.12. The van der Waals surface area contributed by atoms with Crippen molar-refractivity contribution in [3.63, 3.8) is 0 Å². The number of carbonyl (C=O) groups is 1. The number of carbonyl (C=O) groups excluding carboxylic acids is 1. The number of nitrogens with zero attached hydrogens (tertiary/aromatic N) is 3. The van der Waals surface area contributed by atoms with E-state index in [1.54, 1.807) is 31.2 Å². The van der Waals surface area contributed by atoms with Crippen LogP contribution in [0.2, 0.25) is 5.15 Å². The number of aromatic amines is 1. The molecular weight excluding hydrogens is 401 g/mol. The highest BCUT2D eigenvalue weighted by molar-refractivity contribution is 6.34. The first kappa shape index (κ1) is 18.6. The van der Waals surface area contributed by atoms with E-state index in [1.165, 1.54) is 28.9 Å². The van der Waals surface area contributed by atoms with Crippen molar-refractivity contribution < 1.29 is 13.7 Å². The van der Waals surface area contributed by atoms with E-state index in [2.05, 4.69) is 25.1 Å². The van der Waals surface area contributed by atoms with Crippen LogP contribution in [0.25, 0.3) is 17.1 Å². The molecule has 4 rings (SSSR count). The summed E-state index contributed by atoms with van der Waals surface area (Å²) in [7, 11) is 0.